The SMILES string of the molecule is CC1(CC(O)c2cc(Br)cs2)CCC1. The summed E-state index contributed by atoms with van der Waals surface area (Å²) in [4.78, 5) is 1.09. The van der Waals surface area contributed by atoms with E-state index in [1.807, 2.05) is 11.4 Å². The number of hydrogen-bond acceptors (Lipinski definition) is 2. The molecule has 1 aliphatic carbocycles. The largest absolute Gasteiger partial charge is 0.388 e. The molecule has 0 amide bonds. The molecule has 0 aromatic carbocycles. The fourth-order valence-electron chi connectivity index (χ4n) is 2.05. The molecule has 1 aromatic rings. The van der Waals surface area contributed by atoms with Crippen LogP contribution in [0.15, 0.2) is 15.9 Å². The van der Waals surface area contributed by atoms with Crippen LogP contribution in [0.4, 0.5) is 0 Å². The normalized spacial score (nSPS) is 21.6. The van der Waals surface area contributed by atoms with Gasteiger partial charge in [-0.1, -0.05) is 13.3 Å². The number of hydrogen-bond donors (Lipinski definition) is 1. The van der Waals surface area contributed by atoms with Gasteiger partial charge in [-0.2, -0.15) is 0 Å². The van der Waals surface area contributed by atoms with Gasteiger partial charge in [0.15, 0.2) is 0 Å². The highest BCUT2D eigenvalue weighted by molar-refractivity contribution is 9.10. The fourth-order valence-corrected chi connectivity index (χ4v) is 3.49. The minimum atomic E-state index is -0.267. The summed E-state index contributed by atoms with van der Waals surface area (Å²) in [6.45, 7) is 2.28. The highest BCUT2D eigenvalue weighted by Gasteiger charge is 2.34. The Morgan fingerprint density at radius 2 is 2.36 bits per heavy atom. The highest BCUT2D eigenvalue weighted by atomic mass is 79.9. The van der Waals surface area contributed by atoms with E-state index in [2.05, 4.69) is 22.9 Å². The lowest BCUT2D eigenvalue weighted by Gasteiger charge is -2.39. The lowest BCUT2D eigenvalue weighted by Crippen LogP contribution is -2.27. The molecule has 1 heterocycles. The quantitative estimate of drug-likeness (QED) is 0.879. The van der Waals surface area contributed by atoms with Crippen molar-refractivity contribution in [2.75, 3.05) is 0 Å². The highest BCUT2D eigenvalue weighted by Crippen LogP contribution is 2.47. The van der Waals surface area contributed by atoms with Crippen molar-refractivity contribution in [3.8, 4) is 0 Å². The predicted octanol–water partition coefficient (Wildman–Crippen LogP) is 4.12. The standard InChI is InChI=1S/C11H15BrOS/c1-11(3-2-4-11)6-9(13)10-5-8(12)7-14-10/h5,7,9,13H,2-4,6H2,1H3. The third-order valence-electron chi connectivity index (χ3n) is 3.16. The van der Waals surface area contributed by atoms with Gasteiger partial charge in [0, 0.05) is 14.7 Å². The molecule has 1 fully saturated rings. The first kappa shape index (κ1) is 10.7. The van der Waals surface area contributed by atoms with Gasteiger partial charge in [0.25, 0.3) is 0 Å². The average Bonchev–Trinajstić information content (AvgIpc) is 2.49. The van der Waals surface area contributed by atoms with Gasteiger partial charge < -0.3 is 5.11 Å². The van der Waals surface area contributed by atoms with Crippen LogP contribution in [0, 0.1) is 5.41 Å². The van der Waals surface area contributed by atoms with E-state index in [1.165, 1.54) is 19.3 Å². The Balaban J connectivity index is 1.98. The molecule has 0 radical (unpaired) electrons. The van der Waals surface area contributed by atoms with Crippen LogP contribution in [0.1, 0.15) is 43.6 Å². The number of aliphatic hydroxyl groups excluding tert-OH is 1. The van der Waals surface area contributed by atoms with Crippen molar-refractivity contribution >= 4 is 27.3 Å². The van der Waals surface area contributed by atoms with Gasteiger partial charge in [0.1, 0.15) is 0 Å². The average molecular weight is 275 g/mol. The molecular formula is C11H15BrOS. The Kier molecular flexibility index (Phi) is 3.01. The zero-order chi connectivity index (χ0) is 10.2. The van der Waals surface area contributed by atoms with Crippen LogP contribution in [0.2, 0.25) is 0 Å². The summed E-state index contributed by atoms with van der Waals surface area (Å²) < 4.78 is 1.08. The van der Waals surface area contributed by atoms with Gasteiger partial charge in [-0.05, 0) is 46.7 Å². The molecule has 0 aliphatic heterocycles. The Bertz CT molecular complexity index is 317. The van der Waals surface area contributed by atoms with Crippen molar-refractivity contribution in [2.45, 2.75) is 38.7 Å². The third kappa shape index (κ3) is 2.20. The summed E-state index contributed by atoms with van der Waals surface area (Å²) in [5, 5.41) is 12.1. The number of thiophene rings is 1. The van der Waals surface area contributed by atoms with Gasteiger partial charge in [-0.25, -0.2) is 0 Å². The summed E-state index contributed by atoms with van der Waals surface area (Å²) in [5.74, 6) is 0. The Hall–Kier alpha value is 0.140. The second-order valence-corrected chi connectivity index (χ2v) is 6.41. The van der Waals surface area contributed by atoms with Crippen LogP contribution in [0.3, 0.4) is 0 Å². The minimum absolute atomic E-state index is 0.267. The van der Waals surface area contributed by atoms with Gasteiger partial charge in [-0.15, -0.1) is 11.3 Å². The molecule has 1 saturated carbocycles. The molecule has 3 heteroatoms. The Morgan fingerprint density at radius 1 is 1.64 bits per heavy atom. The molecule has 1 nitrogen and oxygen atoms in total. The first-order chi connectivity index (χ1) is 6.59. The maximum Gasteiger partial charge on any atom is 0.0887 e. The van der Waals surface area contributed by atoms with Crippen molar-refractivity contribution in [3.63, 3.8) is 0 Å². The maximum absolute atomic E-state index is 10.0. The Labute approximate surface area is 97.3 Å². The van der Waals surface area contributed by atoms with Crippen molar-refractivity contribution in [3.05, 3.63) is 20.8 Å². The second-order valence-electron chi connectivity index (χ2n) is 4.55. The first-order valence-electron chi connectivity index (χ1n) is 5.01. The molecule has 78 valence electrons. The van der Waals surface area contributed by atoms with E-state index in [1.54, 1.807) is 11.3 Å². The van der Waals surface area contributed by atoms with Crippen LogP contribution < -0.4 is 0 Å². The van der Waals surface area contributed by atoms with Gasteiger partial charge >= 0.3 is 0 Å². The van der Waals surface area contributed by atoms with Gasteiger partial charge in [0.05, 0.1) is 6.10 Å². The van der Waals surface area contributed by atoms with Gasteiger partial charge in [-0.3, -0.25) is 0 Å². The number of aliphatic hydroxyl groups is 1. The minimum Gasteiger partial charge on any atom is -0.388 e. The molecule has 0 spiro atoms. The van der Waals surface area contributed by atoms with Crippen molar-refractivity contribution in [1.29, 1.82) is 0 Å². The summed E-state index contributed by atoms with van der Waals surface area (Å²) >= 11 is 5.05. The lowest BCUT2D eigenvalue weighted by molar-refractivity contribution is 0.0565. The van der Waals surface area contributed by atoms with E-state index in [0.717, 1.165) is 15.8 Å². The Morgan fingerprint density at radius 3 is 2.79 bits per heavy atom. The van der Waals surface area contributed by atoms with Crippen molar-refractivity contribution < 1.29 is 5.11 Å². The molecule has 0 saturated heterocycles. The van der Waals surface area contributed by atoms with Crippen LogP contribution in [0.25, 0.3) is 0 Å². The van der Waals surface area contributed by atoms with Crippen LogP contribution >= 0.6 is 27.3 Å². The van der Waals surface area contributed by atoms with Crippen LogP contribution in [-0.4, -0.2) is 5.11 Å². The van der Waals surface area contributed by atoms with Crippen molar-refractivity contribution in [2.24, 2.45) is 5.41 Å². The smallest absolute Gasteiger partial charge is 0.0887 e. The maximum atomic E-state index is 10.0. The monoisotopic (exact) mass is 274 g/mol. The molecule has 1 aliphatic rings. The van der Waals surface area contributed by atoms with Crippen LogP contribution in [0.5, 0.6) is 0 Å². The van der Waals surface area contributed by atoms with E-state index in [-0.39, 0.29) is 6.10 Å². The second kappa shape index (κ2) is 3.95. The van der Waals surface area contributed by atoms with E-state index >= 15 is 0 Å². The lowest BCUT2D eigenvalue weighted by atomic mass is 9.67. The molecule has 1 unspecified atom stereocenters. The molecule has 1 N–H and O–H groups in total. The molecule has 1 atom stereocenters. The third-order valence-corrected chi connectivity index (χ3v) is 4.96. The topological polar surface area (TPSA) is 20.2 Å². The molecule has 0 bridgehead atoms. The van der Waals surface area contributed by atoms with Gasteiger partial charge in [0.2, 0.25) is 0 Å². The zero-order valence-electron chi connectivity index (χ0n) is 8.29. The van der Waals surface area contributed by atoms with E-state index in [0.29, 0.717) is 5.41 Å². The summed E-state index contributed by atoms with van der Waals surface area (Å²) in [5.41, 5.74) is 0.399. The number of rotatable bonds is 3. The summed E-state index contributed by atoms with van der Waals surface area (Å²) in [6, 6.07) is 2.03. The van der Waals surface area contributed by atoms with Crippen molar-refractivity contribution in [1.82, 2.24) is 0 Å². The molecular weight excluding hydrogens is 260 g/mol. The van der Waals surface area contributed by atoms with E-state index < -0.39 is 0 Å². The number of halogens is 1. The fraction of sp³-hybridized carbons (Fsp3) is 0.636. The van der Waals surface area contributed by atoms with E-state index in [9.17, 15) is 5.11 Å². The zero-order valence-corrected chi connectivity index (χ0v) is 10.7. The summed E-state index contributed by atoms with van der Waals surface area (Å²) in [6.07, 6.45) is 4.53. The molecule has 2 rings (SSSR count). The van der Waals surface area contributed by atoms with E-state index in [4.69, 9.17) is 0 Å². The predicted molar refractivity (Wildman–Crippen MR) is 63.6 cm³/mol. The molecule has 1 aromatic heterocycles. The molecule has 14 heavy (non-hydrogen) atoms. The summed E-state index contributed by atoms with van der Waals surface area (Å²) in [7, 11) is 0. The van der Waals surface area contributed by atoms with Crippen LogP contribution in [-0.2, 0) is 0 Å². The first-order valence-corrected chi connectivity index (χ1v) is 6.68.